The molecule has 0 unspecified atom stereocenters. The maximum absolute atomic E-state index is 13.3. The second-order valence-electron chi connectivity index (χ2n) is 14.9. The van der Waals surface area contributed by atoms with Crippen molar-refractivity contribution < 1.29 is 24.9 Å². The Hall–Kier alpha value is -1.11. The summed E-state index contributed by atoms with van der Waals surface area (Å²) in [5.74, 6) is 0.609. The Morgan fingerprint density at radius 1 is 0.500 bits per heavy atom. The molecule has 1 amide bonds. The van der Waals surface area contributed by atoms with Crippen LogP contribution in [0.4, 0.5) is 0 Å². The maximum atomic E-state index is 13.3. The number of aliphatic hydroxyl groups is 3. The van der Waals surface area contributed by atoms with Gasteiger partial charge in [0.2, 0.25) is 5.91 Å². The van der Waals surface area contributed by atoms with Crippen LogP contribution < -0.4 is 0 Å². The quantitative estimate of drug-likeness (QED) is 0.0444. The second-order valence-corrected chi connectivity index (χ2v) is 14.9. The Labute approximate surface area is 298 Å². The topological polar surface area (TPSA) is 90.2 Å². The van der Waals surface area contributed by atoms with Crippen molar-refractivity contribution in [2.24, 2.45) is 5.41 Å². The molecule has 0 saturated heterocycles. The van der Waals surface area contributed by atoms with Crippen LogP contribution >= 0.6 is 0 Å². The van der Waals surface area contributed by atoms with E-state index in [9.17, 15) is 20.1 Å². The summed E-state index contributed by atoms with van der Waals surface area (Å²) in [6.07, 6.45) is 38.0. The first kappa shape index (κ1) is 46.9. The Morgan fingerprint density at radius 2 is 0.792 bits per heavy atom. The lowest BCUT2D eigenvalue weighted by atomic mass is 9.92. The fourth-order valence-corrected chi connectivity index (χ4v) is 6.37. The molecular formula is C42H83NO5. The summed E-state index contributed by atoms with van der Waals surface area (Å²) in [5, 5.41) is 28.6. The van der Waals surface area contributed by atoms with Gasteiger partial charge in [0.25, 0.3) is 0 Å². The monoisotopic (exact) mass is 682 g/mol. The molecule has 0 atom stereocenters. The van der Waals surface area contributed by atoms with Gasteiger partial charge in [-0.1, -0.05) is 187 Å². The third kappa shape index (κ3) is 28.7. The number of amides is 1. The van der Waals surface area contributed by atoms with Crippen LogP contribution in [0.1, 0.15) is 206 Å². The standard InChI is InChI=1S/C42H83NO5/c1-4-6-8-10-12-14-16-18-20-22-24-26-28-30-34-43(41(47)33-32-40(3)48-39-42(36-44,37-45)38-46)35-31-29-27-25-23-21-19-17-15-13-11-9-7-5-2/h44-46H,3-39H2,1-2H3. The van der Waals surface area contributed by atoms with Crippen molar-refractivity contribution in [2.75, 3.05) is 39.5 Å². The smallest absolute Gasteiger partial charge is 0.223 e. The van der Waals surface area contributed by atoms with Gasteiger partial charge in [0.15, 0.2) is 0 Å². The fourth-order valence-electron chi connectivity index (χ4n) is 6.37. The van der Waals surface area contributed by atoms with Crippen molar-refractivity contribution in [3.8, 4) is 0 Å². The van der Waals surface area contributed by atoms with Crippen molar-refractivity contribution in [1.82, 2.24) is 4.90 Å². The van der Waals surface area contributed by atoms with Gasteiger partial charge in [-0.15, -0.1) is 0 Å². The number of unbranched alkanes of at least 4 members (excludes halogenated alkanes) is 26. The number of nitrogens with zero attached hydrogens (tertiary/aromatic N) is 1. The number of carbonyl (C=O) groups is 1. The second kappa shape index (κ2) is 35.7. The molecule has 0 heterocycles. The summed E-state index contributed by atoms with van der Waals surface area (Å²) >= 11 is 0. The highest BCUT2D eigenvalue weighted by Crippen LogP contribution is 2.19. The molecule has 286 valence electrons. The molecule has 0 spiro atoms. The number of aliphatic hydroxyl groups excluding tert-OH is 3. The average molecular weight is 682 g/mol. The van der Waals surface area contributed by atoms with Gasteiger partial charge in [0.05, 0.1) is 37.6 Å². The summed E-state index contributed by atoms with van der Waals surface area (Å²) in [6.45, 7) is 8.99. The average Bonchev–Trinajstić information content (AvgIpc) is 3.10. The van der Waals surface area contributed by atoms with E-state index in [2.05, 4.69) is 25.3 Å². The third-order valence-corrected chi connectivity index (χ3v) is 10.1. The van der Waals surface area contributed by atoms with Crippen molar-refractivity contribution >= 4 is 5.91 Å². The van der Waals surface area contributed by atoms with Crippen LogP contribution in [0.25, 0.3) is 0 Å². The molecule has 0 aliphatic carbocycles. The van der Waals surface area contributed by atoms with Crippen LogP contribution in [0.2, 0.25) is 0 Å². The molecule has 6 heteroatoms. The zero-order valence-corrected chi connectivity index (χ0v) is 32.3. The van der Waals surface area contributed by atoms with Gasteiger partial charge in [0.1, 0.15) is 0 Å². The van der Waals surface area contributed by atoms with E-state index in [1.807, 2.05) is 0 Å². The molecule has 0 saturated carbocycles. The molecule has 0 rings (SSSR count). The molecule has 0 aromatic heterocycles. The minimum absolute atomic E-state index is 0.0225. The molecule has 0 aliphatic rings. The zero-order chi connectivity index (χ0) is 35.4. The van der Waals surface area contributed by atoms with Gasteiger partial charge in [-0.25, -0.2) is 0 Å². The molecule has 0 aromatic rings. The largest absolute Gasteiger partial charge is 0.498 e. The zero-order valence-electron chi connectivity index (χ0n) is 32.3. The van der Waals surface area contributed by atoms with Crippen LogP contribution in [0, 0.1) is 5.41 Å². The maximum Gasteiger partial charge on any atom is 0.223 e. The minimum atomic E-state index is -1.10. The summed E-state index contributed by atoms with van der Waals surface area (Å²) < 4.78 is 5.64. The molecule has 6 nitrogen and oxygen atoms in total. The Balaban J connectivity index is 4.32. The number of carbonyl (C=O) groups excluding carboxylic acids is 1. The molecule has 0 fully saturated rings. The van der Waals surface area contributed by atoms with Gasteiger partial charge >= 0.3 is 0 Å². The van der Waals surface area contributed by atoms with Crippen LogP contribution in [0.15, 0.2) is 12.3 Å². The third-order valence-electron chi connectivity index (χ3n) is 10.1. The predicted molar refractivity (Wildman–Crippen MR) is 205 cm³/mol. The molecule has 0 aromatic carbocycles. The SMILES string of the molecule is C=C(CCC(=O)N(CCCCCCCCCCCCCCCC)CCCCCCCCCCCCCCCC)OCC(CO)(CO)CO. The summed E-state index contributed by atoms with van der Waals surface area (Å²) in [6, 6.07) is 0. The molecular weight excluding hydrogens is 598 g/mol. The Kier molecular flexibility index (Phi) is 34.9. The van der Waals surface area contributed by atoms with E-state index >= 15 is 0 Å². The Morgan fingerprint density at radius 3 is 1.08 bits per heavy atom. The van der Waals surface area contributed by atoms with Gasteiger partial charge in [0, 0.05) is 25.9 Å². The van der Waals surface area contributed by atoms with Gasteiger partial charge < -0.3 is 25.0 Å². The molecule has 0 bridgehead atoms. The molecule has 0 radical (unpaired) electrons. The molecule has 0 aliphatic heterocycles. The van der Waals surface area contributed by atoms with Gasteiger partial charge in [-0.3, -0.25) is 4.79 Å². The van der Waals surface area contributed by atoms with Crippen molar-refractivity contribution in [1.29, 1.82) is 0 Å². The summed E-state index contributed by atoms with van der Waals surface area (Å²) in [4.78, 5) is 15.3. The summed E-state index contributed by atoms with van der Waals surface area (Å²) in [5.41, 5.74) is -1.10. The van der Waals surface area contributed by atoms with E-state index < -0.39 is 5.41 Å². The van der Waals surface area contributed by atoms with Crippen LogP contribution in [-0.2, 0) is 9.53 Å². The lowest BCUT2D eigenvalue weighted by Gasteiger charge is -2.28. The number of hydrogen-bond donors (Lipinski definition) is 3. The first-order valence-corrected chi connectivity index (χ1v) is 20.9. The van der Waals surface area contributed by atoms with Gasteiger partial charge in [-0.2, -0.15) is 0 Å². The minimum Gasteiger partial charge on any atom is -0.498 e. The van der Waals surface area contributed by atoms with Crippen LogP contribution in [0.3, 0.4) is 0 Å². The lowest BCUT2D eigenvalue weighted by Crippen LogP contribution is -2.38. The molecule has 3 N–H and O–H groups in total. The summed E-state index contributed by atoms with van der Waals surface area (Å²) in [7, 11) is 0. The van der Waals surface area contributed by atoms with Gasteiger partial charge in [-0.05, 0) is 12.8 Å². The normalized spacial score (nSPS) is 11.7. The van der Waals surface area contributed by atoms with Crippen molar-refractivity contribution in [3.63, 3.8) is 0 Å². The van der Waals surface area contributed by atoms with E-state index in [1.54, 1.807) is 0 Å². The van der Waals surface area contributed by atoms with E-state index in [4.69, 9.17) is 4.74 Å². The first-order valence-electron chi connectivity index (χ1n) is 20.9. The number of allylic oxidation sites excluding steroid dienone is 1. The first-order chi connectivity index (χ1) is 23.5. The predicted octanol–water partition coefficient (Wildman–Crippen LogP) is 11.1. The number of hydrogen-bond acceptors (Lipinski definition) is 5. The highest BCUT2D eigenvalue weighted by molar-refractivity contribution is 5.76. The van der Waals surface area contributed by atoms with Crippen molar-refractivity contribution in [3.05, 3.63) is 12.3 Å². The van der Waals surface area contributed by atoms with E-state index in [-0.39, 0.29) is 32.3 Å². The number of rotatable bonds is 39. The Bertz CT molecular complexity index is 655. The lowest BCUT2D eigenvalue weighted by molar-refractivity contribution is -0.131. The van der Waals surface area contributed by atoms with Crippen LogP contribution in [-0.4, -0.2) is 65.6 Å². The highest BCUT2D eigenvalue weighted by Gasteiger charge is 2.29. The van der Waals surface area contributed by atoms with E-state index in [0.717, 1.165) is 25.9 Å². The van der Waals surface area contributed by atoms with Crippen LogP contribution in [0.5, 0.6) is 0 Å². The molecule has 48 heavy (non-hydrogen) atoms. The van der Waals surface area contributed by atoms with Crippen molar-refractivity contribution in [2.45, 2.75) is 206 Å². The van der Waals surface area contributed by atoms with E-state index in [1.165, 1.54) is 167 Å². The highest BCUT2D eigenvalue weighted by atomic mass is 16.5. The number of ether oxygens (including phenoxy) is 1. The van der Waals surface area contributed by atoms with E-state index in [0.29, 0.717) is 18.6 Å². The fraction of sp³-hybridized carbons (Fsp3) is 0.929.